The van der Waals surface area contributed by atoms with Crippen molar-refractivity contribution in [2.24, 2.45) is 0 Å². The van der Waals surface area contributed by atoms with Crippen LogP contribution in [0.5, 0.6) is 0 Å². The number of H-pyrrole nitrogens is 1. The molecule has 0 fully saturated rings. The molecule has 0 spiro atoms. The normalized spacial score (nSPS) is 21.8. The zero-order valence-corrected chi connectivity index (χ0v) is 10.9. The SMILES string of the molecule is Cc1nc(N)n2c(=O)[nH]nc2c1C1=C/C=C\C=C/C=C\1. The van der Waals surface area contributed by atoms with Gasteiger partial charge in [-0.3, -0.25) is 0 Å². The molecule has 0 atom stereocenters. The van der Waals surface area contributed by atoms with Crippen LogP contribution in [0.3, 0.4) is 0 Å². The summed E-state index contributed by atoms with van der Waals surface area (Å²) in [5.74, 6) is 0.130. The van der Waals surface area contributed by atoms with Gasteiger partial charge in [0.15, 0.2) is 5.65 Å². The first kappa shape index (κ1) is 12.2. The van der Waals surface area contributed by atoms with Gasteiger partial charge in [0.05, 0.1) is 5.69 Å². The number of rotatable bonds is 1. The first-order chi connectivity index (χ1) is 9.68. The van der Waals surface area contributed by atoms with Crippen LogP contribution in [0.1, 0.15) is 11.3 Å². The predicted molar refractivity (Wildman–Crippen MR) is 78.2 cm³/mol. The molecule has 0 bridgehead atoms. The molecule has 3 N–H and O–H groups in total. The number of fused-ring (bicyclic) bond motifs is 1. The lowest BCUT2D eigenvalue weighted by Gasteiger charge is -2.09. The van der Waals surface area contributed by atoms with Crippen molar-refractivity contribution in [3.05, 3.63) is 64.3 Å². The lowest BCUT2D eigenvalue weighted by atomic mass is 10.0. The molecule has 0 unspecified atom stereocenters. The van der Waals surface area contributed by atoms with Crippen molar-refractivity contribution >= 4 is 17.2 Å². The number of nitrogens with two attached hydrogens (primary N) is 1. The Morgan fingerprint density at radius 2 is 1.95 bits per heavy atom. The summed E-state index contributed by atoms with van der Waals surface area (Å²) < 4.78 is 1.27. The maximum Gasteiger partial charge on any atom is 0.350 e. The summed E-state index contributed by atoms with van der Waals surface area (Å²) >= 11 is 0. The van der Waals surface area contributed by atoms with E-state index in [9.17, 15) is 4.79 Å². The van der Waals surface area contributed by atoms with Crippen LogP contribution in [0.2, 0.25) is 0 Å². The first-order valence-corrected chi connectivity index (χ1v) is 6.14. The molecule has 0 aromatic carbocycles. The second kappa shape index (κ2) is 4.65. The summed E-state index contributed by atoms with van der Waals surface area (Å²) in [7, 11) is 0. The van der Waals surface area contributed by atoms with Crippen LogP contribution in [0.4, 0.5) is 5.95 Å². The Labute approximate surface area is 114 Å². The molecule has 0 saturated carbocycles. The fourth-order valence-corrected chi connectivity index (χ4v) is 2.19. The first-order valence-electron chi connectivity index (χ1n) is 6.14. The van der Waals surface area contributed by atoms with E-state index in [0.717, 1.165) is 16.8 Å². The molecular formula is C14H13N5O. The van der Waals surface area contributed by atoms with E-state index in [4.69, 9.17) is 5.73 Å². The van der Waals surface area contributed by atoms with E-state index < -0.39 is 5.69 Å². The van der Waals surface area contributed by atoms with Gasteiger partial charge in [-0.1, -0.05) is 42.5 Å². The molecule has 2 aromatic rings. The maximum absolute atomic E-state index is 11.7. The largest absolute Gasteiger partial charge is 0.369 e. The van der Waals surface area contributed by atoms with E-state index in [2.05, 4.69) is 15.2 Å². The summed E-state index contributed by atoms with van der Waals surface area (Å²) in [4.78, 5) is 16.0. The Bertz CT molecular complexity index is 848. The van der Waals surface area contributed by atoms with E-state index in [0.29, 0.717) is 5.65 Å². The Morgan fingerprint density at radius 1 is 1.20 bits per heavy atom. The molecule has 0 amide bonds. The van der Waals surface area contributed by atoms with Crippen LogP contribution < -0.4 is 11.4 Å². The van der Waals surface area contributed by atoms with Crippen LogP contribution in [0.25, 0.3) is 11.2 Å². The van der Waals surface area contributed by atoms with Gasteiger partial charge in [0.2, 0.25) is 5.95 Å². The van der Waals surface area contributed by atoms with Gasteiger partial charge in [-0.25, -0.2) is 19.3 Å². The number of nitrogens with one attached hydrogen (secondary N) is 1. The number of nitrogen functional groups attached to an aromatic ring is 1. The Balaban J connectivity index is 2.34. The predicted octanol–water partition coefficient (Wildman–Crippen LogP) is 1.37. The number of hydrogen-bond donors (Lipinski definition) is 2. The Hall–Kier alpha value is -2.89. The molecule has 2 aromatic heterocycles. The lowest BCUT2D eigenvalue weighted by molar-refractivity contribution is 0.997. The molecule has 1 aliphatic rings. The van der Waals surface area contributed by atoms with E-state index in [-0.39, 0.29) is 5.95 Å². The van der Waals surface area contributed by atoms with Crippen molar-refractivity contribution in [1.82, 2.24) is 19.6 Å². The quantitative estimate of drug-likeness (QED) is 0.816. The van der Waals surface area contributed by atoms with Gasteiger partial charge >= 0.3 is 5.69 Å². The van der Waals surface area contributed by atoms with Crippen LogP contribution in [0.15, 0.2) is 47.3 Å². The van der Waals surface area contributed by atoms with E-state index in [1.54, 1.807) is 0 Å². The van der Waals surface area contributed by atoms with Gasteiger partial charge in [0.25, 0.3) is 0 Å². The lowest BCUT2D eigenvalue weighted by Crippen LogP contribution is -2.16. The Kier molecular flexibility index (Phi) is 2.83. The standard InChI is InChI=1S/C14H13N5O/c1-9-11(10-7-5-3-2-4-6-8-10)12-17-18-14(20)19(12)13(15)16-9/h2-8H,1H3,(H2,15,16)(H,18,20)/b3-2-,4-2?,5-3?,6-4-,7-5-,8-6?,10-7?,10-8+. The van der Waals surface area contributed by atoms with Gasteiger partial charge in [-0.05, 0) is 12.5 Å². The number of aryl methyl sites for hydroxylation is 1. The van der Waals surface area contributed by atoms with Crippen molar-refractivity contribution in [2.75, 3.05) is 5.73 Å². The number of aromatic nitrogens is 4. The summed E-state index contributed by atoms with van der Waals surface area (Å²) in [6, 6.07) is 0. The van der Waals surface area contributed by atoms with E-state index in [1.807, 2.05) is 49.5 Å². The van der Waals surface area contributed by atoms with Crippen molar-refractivity contribution in [3.8, 4) is 0 Å². The molecule has 20 heavy (non-hydrogen) atoms. The zero-order chi connectivity index (χ0) is 14.1. The molecular weight excluding hydrogens is 254 g/mol. The highest BCUT2D eigenvalue weighted by Gasteiger charge is 2.15. The summed E-state index contributed by atoms with van der Waals surface area (Å²) in [5, 5.41) is 6.46. The third kappa shape index (κ3) is 1.87. The van der Waals surface area contributed by atoms with Gasteiger partial charge in [0, 0.05) is 5.56 Å². The maximum atomic E-state index is 11.7. The van der Waals surface area contributed by atoms with Crippen molar-refractivity contribution in [3.63, 3.8) is 0 Å². The van der Waals surface area contributed by atoms with E-state index in [1.165, 1.54) is 4.40 Å². The minimum Gasteiger partial charge on any atom is -0.369 e. The third-order valence-electron chi connectivity index (χ3n) is 3.05. The number of nitrogens with zero attached hydrogens (tertiary/aromatic N) is 3. The smallest absolute Gasteiger partial charge is 0.350 e. The topological polar surface area (TPSA) is 89.1 Å². The second-order valence-electron chi connectivity index (χ2n) is 4.37. The molecule has 3 rings (SSSR count). The van der Waals surface area contributed by atoms with Crippen molar-refractivity contribution in [2.45, 2.75) is 6.92 Å². The third-order valence-corrected chi connectivity index (χ3v) is 3.05. The zero-order valence-electron chi connectivity index (χ0n) is 10.9. The minimum absolute atomic E-state index is 0.130. The van der Waals surface area contributed by atoms with Gasteiger partial charge in [0.1, 0.15) is 0 Å². The van der Waals surface area contributed by atoms with Crippen LogP contribution in [-0.2, 0) is 0 Å². The fourth-order valence-electron chi connectivity index (χ4n) is 2.19. The van der Waals surface area contributed by atoms with Gasteiger partial charge in [-0.15, -0.1) is 0 Å². The molecule has 6 nitrogen and oxygen atoms in total. The van der Waals surface area contributed by atoms with Crippen LogP contribution in [0, 0.1) is 6.92 Å². The number of anilines is 1. The van der Waals surface area contributed by atoms with Crippen molar-refractivity contribution in [1.29, 1.82) is 0 Å². The summed E-state index contributed by atoms with van der Waals surface area (Å²) in [6.07, 6.45) is 13.5. The fraction of sp³-hybridized carbons (Fsp3) is 0.0714. The van der Waals surface area contributed by atoms with Crippen LogP contribution >= 0.6 is 0 Å². The Morgan fingerprint density at radius 3 is 2.80 bits per heavy atom. The molecule has 0 saturated heterocycles. The second-order valence-corrected chi connectivity index (χ2v) is 4.37. The molecule has 1 aliphatic carbocycles. The number of aromatic amines is 1. The van der Waals surface area contributed by atoms with Crippen LogP contribution in [-0.4, -0.2) is 19.6 Å². The van der Waals surface area contributed by atoms with E-state index >= 15 is 0 Å². The highest BCUT2D eigenvalue weighted by Crippen LogP contribution is 2.24. The molecule has 2 heterocycles. The van der Waals surface area contributed by atoms with Crippen molar-refractivity contribution < 1.29 is 0 Å². The molecule has 6 heteroatoms. The molecule has 100 valence electrons. The number of hydrogen-bond acceptors (Lipinski definition) is 4. The average Bonchev–Trinajstić information content (AvgIpc) is 2.73. The monoisotopic (exact) mass is 267 g/mol. The highest BCUT2D eigenvalue weighted by atomic mass is 16.1. The summed E-state index contributed by atoms with van der Waals surface area (Å²) in [6.45, 7) is 1.85. The van der Waals surface area contributed by atoms with Gasteiger partial charge in [-0.2, -0.15) is 5.10 Å². The summed E-state index contributed by atoms with van der Waals surface area (Å²) in [5.41, 5.74) is 8.30. The minimum atomic E-state index is -0.392. The molecule has 0 aliphatic heterocycles. The molecule has 0 radical (unpaired) electrons. The highest BCUT2D eigenvalue weighted by molar-refractivity contribution is 5.84. The van der Waals surface area contributed by atoms with Gasteiger partial charge < -0.3 is 5.73 Å². The average molecular weight is 267 g/mol. The number of allylic oxidation sites excluding steroid dienone is 8.